The van der Waals surface area contributed by atoms with E-state index in [0.29, 0.717) is 32.6 Å². The molecule has 0 aromatic heterocycles. The number of carbonyl (C=O) groups is 2. The molecule has 0 spiro atoms. The van der Waals surface area contributed by atoms with Gasteiger partial charge in [0.1, 0.15) is 11.4 Å². The highest BCUT2D eigenvalue weighted by Crippen LogP contribution is 2.16. The summed E-state index contributed by atoms with van der Waals surface area (Å²) in [7, 11) is 1.62. The third kappa shape index (κ3) is 5.15. The van der Waals surface area contributed by atoms with E-state index < -0.39 is 5.60 Å². The molecule has 0 unspecified atom stereocenters. The van der Waals surface area contributed by atoms with Gasteiger partial charge in [-0.2, -0.15) is 0 Å². The van der Waals surface area contributed by atoms with Crippen LogP contribution in [0, 0.1) is 0 Å². The third-order valence-corrected chi connectivity index (χ3v) is 3.77. The molecule has 0 bridgehead atoms. The summed E-state index contributed by atoms with van der Waals surface area (Å²) in [5.41, 5.74) is 0.505. The maximum atomic E-state index is 12.3. The molecule has 132 valence electrons. The Morgan fingerprint density at radius 2 is 1.79 bits per heavy atom. The van der Waals surface area contributed by atoms with Crippen LogP contribution in [-0.2, 0) is 16.1 Å². The Bertz CT molecular complexity index is 578. The van der Waals surface area contributed by atoms with Gasteiger partial charge in [-0.15, -0.1) is 0 Å². The van der Waals surface area contributed by atoms with Crippen LogP contribution in [0.4, 0.5) is 4.79 Å². The quantitative estimate of drug-likeness (QED) is 0.853. The SMILES string of the molecule is COc1ccc(CN2CCN(C(=O)OC(C)(C)C)CCC2=O)cc1. The Balaban J connectivity index is 1.96. The molecule has 2 amide bonds. The summed E-state index contributed by atoms with van der Waals surface area (Å²) in [4.78, 5) is 27.9. The number of hydrogen-bond donors (Lipinski definition) is 0. The molecule has 0 N–H and O–H groups in total. The van der Waals surface area contributed by atoms with Gasteiger partial charge in [0.15, 0.2) is 0 Å². The molecule has 0 radical (unpaired) electrons. The van der Waals surface area contributed by atoms with Crippen molar-refractivity contribution in [1.29, 1.82) is 0 Å². The van der Waals surface area contributed by atoms with Crippen LogP contribution >= 0.6 is 0 Å². The molecule has 1 aromatic rings. The molecule has 0 aliphatic carbocycles. The fraction of sp³-hybridized carbons (Fsp3) is 0.556. The number of nitrogens with zero attached hydrogens (tertiary/aromatic N) is 2. The predicted molar refractivity (Wildman–Crippen MR) is 90.8 cm³/mol. The van der Waals surface area contributed by atoms with Gasteiger partial charge in [0.2, 0.25) is 5.91 Å². The molecule has 1 aliphatic rings. The Labute approximate surface area is 143 Å². The summed E-state index contributed by atoms with van der Waals surface area (Å²) in [6.07, 6.45) is -0.0448. The summed E-state index contributed by atoms with van der Waals surface area (Å²) in [6, 6.07) is 7.65. The molecular formula is C18H26N2O4. The lowest BCUT2D eigenvalue weighted by Crippen LogP contribution is -2.39. The molecule has 6 nitrogen and oxygen atoms in total. The Morgan fingerprint density at radius 3 is 2.38 bits per heavy atom. The molecule has 24 heavy (non-hydrogen) atoms. The summed E-state index contributed by atoms with van der Waals surface area (Å²) < 4.78 is 10.5. The van der Waals surface area contributed by atoms with E-state index >= 15 is 0 Å². The first-order valence-corrected chi connectivity index (χ1v) is 8.17. The molecular weight excluding hydrogens is 308 g/mol. The highest BCUT2D eigenvalue weighted by molar-refractivity contribution is 5.78. The number of carbonyl (C=O) groups excluding carboxylic acids is 2. The normalized spacial score (nSPS) is 15.9. The number of benzene rings is 1. The molecule has 1 fully saturated rings. The van der Waals surface area contributed by atoms with Crippen molar-refractivity contribution in [2.24, 2.45) is 0 Å². The maximum absolute atomic E-state index is 12.3. The van der Waals surface area contributed by atoms with Gasteiger partial charge in [0, 0.05) is 32.6 Å². The summed E-state index contributed by atoms with van der Waals surface area (Å²) in [6.45, 7) is 7.43. The van der Waals surface area contributed by atoms with E-state index in [1.165, 1.54) is 0 Å². The fourth-order valence-electron chi connectivity index (χ4n) is 2.49. The van der Waals surface area contributed by atoms with Crippen LogP contribution in [0.2, 0.25) is 0 Å². The van der Waals surface area contributed by atoms with Gasteiger partial charge in [-0.25, -0.2) is 4.79 Å². The van der Waals surface area contributed by atoms with Crippen LogP contribution in [0.3, 0.4) is 0 Å². The van der Waals surface area contributed by atoms with Gasteiger partial charge in [-0.05, 0) is 38.5 Å². The smallest absolute Gasteiger partial charge is 0.410 e. The van der Waals surface area contributed by atoms with Crippen LogP contribution < -0.4 is 4.74 Å². The van der Waals surface area contributed by atoms with E-state index in [1.54, 1.807) is 16.9 Å². The monoisotopic (exact) mass is 334 g/mol. The standard InChI is InChI=1S/C18H26N2O4/c1-18(2,3)24-17(22)19-10-9-16(21)20(12-11-19)13-14-5-7-15(23-4)8-6-14/h5-8H,9-13H2,1-4H3. The van der Waals surface area contributed by atoms with Crippen molar-refractivity contribution < 1.29 is 19.1 Å². The molecule has 2 rings (SSSR count). The Hall–Kier alpha value is -2.24. The highest BCUT2D eigenvalue weighted by Gasteiger charge is 2.27. The van der Waals surface area contributed by atoms with Crippen LogP contribution in [0.5, 0.6) is 5.75 Å². The van der Waals surface area contributed by atoms with E-state index in [0.717, 1.165) is 11.3 Å². The topological polar surface area (TPSA) is 59.1 Å². The second-order valence-electron chi connectivity index (χ2n) is 6.88. The van der Waals surface area contributed by atoms with Crippen molar-refractivity contribution >= 4 is 12.0 Å². The van der Waals surface area contributed by atoms with Crippen molar-refractivity contribution in [2.45, 2.75) is 39.3 Å². The van der Waals surface area contributed by atoms with Crippen LogP contribution in [0.15, 0.2) is 24.3 Å². The van der Waals surface area contributed by atoms with Gasteiger partial charge in [-0.3, -0.25) is 4.79 Å². The molecule has 1 aliphatic heterocycles. The molecule has 1 heterocycles. The molecule has 1 aromatic carbocycles. The van der Waals surface area contributed by atoms with Gasteiger partial charge in [0.25, 0.3) is 0 Å². The van der Waals surface area contributed by atoms with Crippen LogP contribution in [0.1, 0.15) is 32.8 Å². The lowest BCUT2D eigenvalue weighted by Gasteiger charge is -2.26. The van der Waals surface area contributed by atoms with E-state index in [-0.39, 0.29) is 12.0 Å². The van der Waals surface area contributed by atoms with Crippen LogP contribution in [-0.4, -0.2) is 54.1 Å². The van der Waals surface area contributed by atoms with E-state index in [2.05, 4.69) is 0 Å². The second-order valence-corrected chi connectivity index (χ2v) is 6.88. The summed E-state index contributed by atoms with van der Waals surface area (Å²) >= 11 is 0. The Morgan fingerprint density at radius 1 is 1.12 bits per heavy atom. The molecule has 6 heteroatoms. The van der Waals surface area contributed by atoms with Crippen molar-refractivity contribution in [3.05, 3.63) is 29.8 Å². The van der Waals surface area contributed by atoms with Crippen molar-refractivity contribution in [1.82, 2.24) is 9.80 Å². The lowest BCUT2D eigenvalue weighted by atomic mass is 10.2. The molecule has 0 atom stereocenters. The predicted octanol–water partition coefficient (Wildman–Crippen LogP) is 2.66. The van der Waals surface area contributed by atoms with Crippen molar-refractivity contribution in [2.75, 3.05) is 26.7 Å². The van der Waals surface area contributed by atoms with Crippen molar-refractivity contribution in [3.63, 3.8) is 0 Å². The third-order valence-electron chi connectivity index (χ3n) is 3.77. The zero-order chi connectivity index (χ0) is 17.7. The first kappa shape index (κ1) is 18.1. The van der Waals surface area contributed by atoms with E-state index in [4.69, 9.17) is 9.47 Å². The average Bonchev–Trinajstić information content (AvgIpc) is 2.69. The van der Waals surface area contributed by atoms with Crippen molar-refractivity contribution in [3.8, 4) is 5.75 Å². The summed E-state index contributed by atoms with van der Waals surface area (Å²) in [5.74, 6) is 0.842. The number of hydrogen-bond acceptors (Lipinski definition) is 4. The Kier molecular flexibility index (Phi) is 5.70. The number of methoxy groups -OCH3 is 1. The zero-order valence-corrected chi connectivity index (χ0v) is 14.9. The van der Waals surface area contributed by atoms with E-state index in [9.17, 15) is 9.59 Å². The van der Waals surface area contributed by atoms with Gasteiger partial charge in [0.05, 0.1) is 7.11 Å². The minimum absolute atomic E-state index is 0.0527. The average molecular weight is 334 g/mol. The molecule has 0 saturated carbocycles. The lowest BCUT2D eigenvalue weighted by molar-refractivity contribution is -0.130. The largest absolute Gasteiger partial charge is 0.497 e. The minimum atomic E-state index is -0.532. The fourth-order valence-corrected chi connectivity index (χ4v) is 2.49. The molecule has 1 saturated heterocycles. The first-order chi connectivity index (χ1) is 11.3. The maximum Gasteiger partial charge on any atom is 0.410 e. The number of rotatable bonds is 3. The highest BCUT2D eigenvalue weighted by atomic mass is 16.6. The minimum Gasteiger partial charge on any atom is -0.497 e. The van der Waals surface area contributed by atoms with Crippen LogP contribution in [0.25, 0.3) is 0 Å². The first-order valence-electron chi connectivity index (χ1n) is 8.17. The summed E-state index contributed by atoms with van der Waals surface area (Å²) in [5, 5.41) is 0. The van der Waals surface area contributed by atoms with Gasteiger partial charge < -0.3 is 19.3 Å². The number of amides is 2. The van der Waals surface area contributed by atoms with E-state index in [1.807, 2.05) is 45.0 Å². The number of ether oxygens (including phenoxy) is 2. The second kappa shape index (κ2) is 7.55. The van der Waals surface area contributed by atoms with Gasteiger partial charge >= 0.3 is 6.09 Å². The zero-order valence-electron chi connectivity index (χ0n) is 14.9. The van der Waals surface area contributed by atoms with Gasteiger partial charge in [-0.1, -0.05) is 12.1 Å².